The fourth-order valence-electron chi connectivity index (χ4n) is 2.27. The van der Waals surface area contributed by atoms with E-state index in [-0.39, 0.29) is 6.42 Å². The molecule has 1 N–H and O–H groups in total. The topological polar surface area (TPSA) is 90.3 Å². The summed E-state index contributed by atoms with van der Waals surface area (Å²) in [5.74, 6) is -5.54. The fourth-order valence-corrected chi connectivity index (χ4v) is 3.19. The Labute approximate surface area is 153 Å². The van der Waals surface area contributed by atoms with Crippen LogP contribution in [0, 0.1) is 28.8 Å². The van der Waals surface area contributed by atoms with Crippen LogP contribution in [0.2, 0.25) is 0 Å². The number of amides is 1. The monoisotopic (exact) mass is 397 g/mol. The second-order valence-electron chi connectivity index (χ2n) is 5.52. The zero-order valence-corrected chi connectivity index (χ0v) is 14.9. The molecule has 6 nitrogen and oxygen atoms in total. The number of anilines is 2. The number of hydrogen-bond acceptors (Lipinski definition) is 4. The third kappa shape index (κ3) is 4.98. The van der Waals surface area contributed by atoms with E-state index < -0.39 is 45.6 Å². The van der Waals surface area contributed by atoms with Crippen LogP contribution in [0.15, 0.2) is 36.4 Å². The summed E-state index contributed by atoms with van der Waals surface area (Å²) in [5, 5.41) is 11.3. The van der Waals surface area contributed by atoms with Crippen molar-refractivity contribution in [1.82, 2.24) is 0 Å². The number of rotatable bonds is 6. The molecule has 1 amide bonds. The van der Waals surface area contributed by atoms with Gasteiger partial charge >= 0.3 is 0 Å². The molecule has 0 fully saturated rings. The van der Waals surface area contributed by atoms with Crippen LogP contribution in [0.25, 0.3) is 0 Å². The summed E-state index contributed by atoms with van der Waals surface area (Å²) in [6, 6.07) is 9.31. The third-order valence-corrected chi connectivity index (χ3v) is 4.68. The SMILES string of the molecule is CS(=O)(=O)N(CCC(=O)Nc1cccc(C#N)c1)c1ccc(F)c(F)c1F. The van der Waals surface area contributed by atoms with E-state index >= 15 is 0 Å². The average Bonchev–Trinajstić information content (AvgIpc) is 2.60. The molecule has 0 saturated carbocycles. The van der Waals surface area contributed by atoms with Crippen molar-refractivity contribution in [2.45, 2.75) is 6.42 Å². The number of sulfonamides is 1. The van der Waals surface area contributed by atoms with Gasteiger partial charge in [-0.05, 0) is 30.3 Å². The Hall–Kier alpha value is -3.06. The summed E-state index contributed by atoms with van der Waals surface area (Å²) in [6.45, 7) is -0.495. The summed E-state index contributed by atoms with van der Waals surface area (Å²) in [5.41, 5.74) is -0.0611. The van der Waals surface area contributed by atoms with Crippen molar-refractivity contribution < 1.29 is 26.4 Å². The van der Waals surface area contributed by atoms with Gasteiger partial charge < -0.3 is 5.32 Å². The van der Waals surface area contributed by atoms with E-state index in [1.165, 1.54) is 18.2 Å². The molecule has 0 aliphatic rings. The normalized spacial score (nSPS) is 10.9. The molecular weight excluding hydrogens is 383 g/mol. The first-order chi connectivity index (χ1) is 12.6. The van der Waals surface area contributed by atoms with Gasteiger partial charge in [0, 0.05) is 18.7 Å². The molecule has 0 aliphatic heterocycles. The van der Waals surface area contributed by atoms with Crippen molar-refractivity contribution in [3.05, 3.63) is 59.4 Å². The lowest BCUT2D eigenvalue weighted by molar-refractivity contribution is -0.116. The van der Waals surface area contributed by atoms with E-state index in [1.807, 2.05) is 6.07 Å². The molecule has 27 heavy (non-hydrogen) atoms. The molecule has 0 aliphatic carbocycles. The summed E-state index contributed by atoms with van der Waals surface area (Å²) in [6.07, 6.45) is 0.365. The van der Waals surface area contributed by atoms with Crippen molar-refractivity contribution in [3.63, 3.8) is 0 Å². The van der Waals surface area contributed by atoms with Crippen LogP contribution in [0.1, 0.15) is 12.0 Å². The first-order valence-electron chi connectivity index (χ1n) is 7.54. The molecule has 0 heterocycles. The minimum Gasteiger partial charge on any atom is -0.326 e. The maximum atomic E-state index is 13.9. The Kier molecular flexibility index (Phi) is 6.07. The molecule has 0 atom stereocenters. The highest BCUT2D eigenvalue weighted by molar-refractivity contribution is 7.92. The third-order valence-electron chi connectivity index (χ3n) is 3.50. The summed E-state index contributed by atoms with van der Waals surface area (Å²) in [4.78, 5) is 12.0. The van der Waals surface area contributed by atoms with Gasteiger partial charge in [0.2, 0.25) is 15.9 Å². The van der Waals surface area contributed by atoms with Crippen LogP contribution >= 0.6 is 0 Å². The van der Waals surface area contributed by atoms with Crippen LogP contribution in [-0.2, 0) is 14.8 Å². The molecule has 0 radical (unpaired) electrons. The van der Waals surface area contributed by atoms with Crippen molar-refractivity contribution in [1.29, 1.82) is 5.26 Å². The second kappa shape index (κ2) is 8.09. The van der Waals surface area contributed by atoms with Gasteiger partial charge in [-0.2, -0.15) is 5.26 Å². The van der Waals surface area contributed by atoms with Crippen molar-refractivity contribution in [2.75, 3.05) is 22.4 Å². The largest absolute Gasteiger partial charge is 0.326 e. The van der Waals surface area contributed by atoms with Crippen LogP contribution in [-0.4, -0.2) is 27.1 Å². The van der Waals surface area contributed by atoms with Crippen molar-refractivity contribution in [2.24, 2.45) is 0 Å². The molecule has 0 aromatic heterocycles. The van der Waals surface area contributed by atoms with E-state index in [0.717, 1.165) is 12.3 Å². The van der Waals surface area contributed by atoms with E-state index in [9.17, 15) is 26.4 Å². The number of nitrogens with zero attached hydrogens (tertiary/aromatic N) is 2. The van der Waals surface area contributed by atoms with E-state index in [2.05, 4.69) is 5.32 Å². The Balaban J connectivity index is 2.17. The number of carbonyl (C=O) groups excluding carboxylic acids is 1. The Bertz CT molecular complexity index is 1020. The van der Waals surface area contributed by atoms with Crippen LogP contribution in [0.5, 0.6) is 0 Å². The van der Waals surface area contributed by atoms with E-state index in [0.29, 0.717) is 21.6 Å². The van der Waals surface area contributed by atoms with Gasteiger partial charge in [-0.15, -0.1) is 0 Å². The lowest BCUT2D eigenvalue weighted by Crippen LogP contribution is -2.34. The zero-order chi connectivity index (χ0) is 20.2. The molecule has 142 valence electrons. The molecule has 10 heteroatoms. The molecule has 0 spiro atoms. The van der Waals surface area contributed by atoms with Gasteiger partial charge in [0.05, 0.1) is 23.6 Å². The first kappa shape index (κ1) is 20.3. The Morgan fingerprint density at radius 2 is 1.89 bits per heavy atom. The number of carbonyl (C=O) groups is 1. The van der Waals surface area contributed by atoms with Gasteiger partial charge in [-0.25, -0.2) is 21.6 Å². The van der Waals surface area contributed by atoms with Gasteiger partial charge in [0.25, 0.3) is 0 Å². The van der Waals surface area contributed by atoms with Crippen LogP contribution < -0.4 is 9.62 Å². The molecule has 0 saturated heterocycles. The highest BCUT2D eigenvalue weighted by Gasteiger charge is 2.25. The Morgan fingerprint density at radius 3 is 2.52 bits per heavy atom. The highest BCUT2D eigenvalue weighted by atomic mass is 32.2. The molecular formula is C17H14F3N3O3S. The minimum absolute atomic E-state index is 0.314. The van der Waals surface area contributed by atoms with Gasteiger partial charge in [0.1, 0.15) is 0 Å². The minimum atomic E-state index is -4.07. The average molecular weight is 397 g/mol. The quantitative estimate of drug-likeness (QED) is 0.759. The zero-order valence-electron chi connectivity index (χ0n) is 14.0. The molecule has 2 aromatic rings. The van der Waals surface area contributed by atoms with E-state index in [4.69, 9.17) is 5.26 Å². The highest BCUT2D eigenvalue weighted by Crippen LogP contribution is 2.25. The molecule has 0 bridgehead atoms. The van der Waals surface area contributed by atoms with Gasteiger partial charge in [-0.1, -0.05) is 6.07 Å². The predicted octanol–water partition coefficient (Wildman–Crippen LogP) is 2.77. The summed E-state index contributed by atoms with van der Waals surface area (Å²) >= 11 is 0. The number of nitriles is 1. The van der Waals surface area contributed by atoms with Gasteiger partial charge in [0.15, 0.2) is 17.5 Å². The number of benzene rings is 2. The van der Waals surface area contributed by atoms with Gasteiger partial charge in [-0.3, -0.25) is 9.10 Å². The number of hydrogen-bond donors (Lipinski definition) is 1. The van der Waals surface area contributed by atoms with Crippen molar-refractivity contribution >= 4 is 27.3 Å². The summed E-state index contributed by atoms with van der Waals surface area (Å²) in [7, 11) is -4.07. The predicted molar refractivity (Wildman–Crippen MR) is 92.9 cm³/mol. The van der Waals surface area contributed by atoms with Crippen molar-refractivity contribution in [3.8, 4) is 6.07 Å². The smallest absolute Gasteiger partial charge is 0.232 e. The first-order valence-corrected chi connectivity index (χ1v) is 9.39. The molecule has 2 aromatic carbocycles. The molecule has 0 unspecified atom stereocenters. The number of halogens is 3. The maximum Gasteiger partial charge on any atom is 0.232 e. The second-order valence-corrected chi connectivity index (χ2v) is 7.43. The lowest BCUT2D eigenvalue weighted by Gasteiger charge is -2.22. The Morgan fingerprint density at radius 1 is 1.19 bits per heavy atom. The summed E-state index contributed by atoms with van der Waals surface area (Å²) < 4.78 is 64.7. The fraction of sp³-hybridized carbons (Fsp3) is 0.176. The standard InChI is InChI=1S/C17H14F3N3O3S/c1-27(25,26)23(14-6-5-13(18)16(19)17(14)20)8-7-15(24)22-12-4-2-3-11(9-12)10-21/h2-6,9H,7-8H2,1H3,(H,22,24). The number of nitrogens with one attached hydrogen (secondary N) is 1. The molecule has 2 rings (SSSR count). The maximum absolute atomic E-state index is 13.9. The van der Waals surface area contributed by atoms with Crippen LogP contribution in [0.3, 0.4) is 0 Å². The van der Waals surface area contributed by atoms with E-state index in [1.54, 1.807) is 6.07 Å². The lowest BCUT2D eigenvalue weighted by atomic mass is 10.2. The van der Waals surface area contributed by atoms with Crippen LogP contribution in [0.4, 0.5) is 24.5 Å².